The van der Waals surface area contributed by atoms with Crippen molar-refractivity contribution in [3.63, 3.8) is 0 Å². The molecule has 1 fully saturated rings. The van der Waals surface area contributed by atoms with E-state index in [9.17, 15) is 4.79 Å². The maximum absolute atomic E-state index is 11.2. The van der Waals surface area contributed by atoms with E-state index in [1.807, 2.05) is 13.0 Å². The number of carbonyl (C=O) groups excluding carboxylic acids is 1. The fourth-order valence-electron chi connectivity index (χ4n) is 2.08. The van der Waals surface area contributed by atoms with Crippen LogP contribution in [-0.4, -0.2) is 48.8 Å². The van der Waals surface area contributed by atoms with Crippen LogP contribution in [0.15, 0.2) is 12.3 Å². The van der Waals surface area contributed by atoms with E-state index in [0.717, 1.165) is 31.9 Å². The van der Waals surface area contributed by atoms with Gasteiger partial charge in [0.2, 0.25) is 5.95 Å². The molecule has 2 rings (SSSR count). The van der Waals surface area contributed by atoms with Gasteiger partial charge in [-0.2, -0.15) is 4.98 Å². The van der Waals surface area contributed by atoms with E-state index in [1.165, 1.54) is 7.11 Å². The van der Waals surface area contributed by atoms with Gasteiger partial charge in [-0.25, -0.2) is 9.78 Å². The van der Waals surface area contributed by atoms with E-state index in [0.29, 0.717) is 5.95 Å². The molecule has 19 heavy (non-hydrogen) atoms. The Balaban J connectivity index is 1.96. The number of amides is 1. The zero-order chi connectivity index (χ0) is 13.7. The van der Waals surface area contributed by atoms with E-state index in [4.69, 9.17) is 0 Å². The highest BCUT2D eigenvalue weighted by atomic mass is 16.5. The average Bonchev–Trinajstić information content (AvgIpc) is 2.88. The van der Waals surface area contributed by atoms with Crippen LogP contribution in [0.1, 0.15) is 13.3 Å². The van der Waals surface area contributed by atoms with E-state index >= 15 is 0 Å². The van der Waals surface area contributed by atoms with Gasteiger partial charge in [-0.3, -0.25) is 0 Å². The lowest BCUT2D eigenvalue weighted by Gasteiger charge is -2.18. The topological polar surface area (TPSA) is 79.4 Å². The summed E-state index contributed by atoms with van der Waals surface area (Å²) in [6.45, 7) is 4.38. The quantitative estimate of drug-likeness (QED) is 0.840. The fourth-order valence-corrected chi connectivity index (χ4v) is 2.08. The summed E-state index contributed by atoms with van der Waals surface area (Å²) < 4.78 is 4.60. The number of nitrogens with zero attached hydrogens (tertiary/aromatic N) is 3. The predicted octanol–water partition coefficient (Wildman–Crippen LogP) is 0.843. The third kappa shape index (κ3) is 3.46. The minimum atomic E-state index is -0.386. The maximum atomic E-state index is 11.2. The summed E-state index contributed by atoms with van der Waals surface area (Å²) in [5, 5.41) is 5.89. The minimum absolute atomic E-state index is 0.102. The van der Waals surface area contributed by atoms with Gasteiger partial charge in [0.15, 0.2) is 0 Å². The second kappa shape index (κ2) is 6.21. The van der Waals surface area contributed by atoms with Crippen molar-refractivity contribution in [1.29, 1.82) is 0 Å². The molecule has 0 saturated carbocycles. The van der Waals surface area contributed by atoms with Crippen molar-refractivity contribution in [1.82, 2.24) is 15.3 Å². The number of aromatic nitrogens is 2. The Morgan fingerprint density at radius 1 is 1.63 bits per heavy atom. The summed E-state index contributed by atoms with van der Waals surface area (Å²) >= 11 is 0. The zero-order valence-electron chi connectivity index (χ0n) is 11.2. The van der Waals surface area contributed by atoms with Gasteiger partial charge in [-0.15, -0.1) is 0 Å². The highest BCUT2D eigenvalue weighted by Crippen LogP contribution is 2.18. The number of methoxy groups -OCH3 is 1. The molecule has 1 aromatic rings. The Hall–Kier alpha value is -2.05. The number of carbonyl (C=O) groups is 1. The van der Waals surface area contributed by atoms with E-state index in [-0.39, 0.29) is 12.1 Å². The number of alkyl carbamates (subject to hydrolysis) is 1. The standard InChI is InChI=1S/C12H19N5O2/c1-3-13-11-14-6-4-10(16-11)17-7-5-9(8-17)15-12(18)19-2/h4,6,9H,3,5,7-8H2,1-2H3,(H,15,18)(H,13,14,16). The zero-order valence-corrected chi connectivity index (χ0v) is 11.2. The maximum Gasteiger partial charge on any atom is 0.407 e. The van der Waals surface area contributed by atoms with Crippen molar-refractivity contribution in [2.24, 2.45) is 0 Å². The average molecular weight is 265 g/mol. The van der Waals surface area contributed by atoms with Gasteiger partial charge in [-0.1, -0.05) is 0 Å². The van der Waals surface area contributed by atoms with Crippen molar-refractivity contribution in [2.45, 2.75) is 19.4 Å². The molecule has 2 N–H and O–H groups in total. The highest BCUT2D eigenvalue weighted by Gasteiger charge is 2.25. The molecule has 104 valence electrons. The Kier molecular flexibility index (Phi) is 4.38. The van der Waals surface area contributed by atoms with Crippen molar-refractivity contribution in [3.05, 3.63) is 12.3 Å². The predicted molar refractivity (Wildman–Crippen MR) is 72.4 cm³/mol. The van der Waals surface area contributed by atoms with Gasteiger partial charge in [0.25, 0.3) is 0 Å². The van der Waals surface area contributed by atoms with Crippen LogP contribution in [-0.2, 0) is 4.74 Å². The Morgan fingerprint density at radius 3 is 3.21 bits per heavy atom. The monoisotopic (exact) mass is 265 g/mol. The number of rotatable bonds is 4. The van der Waals surface area contributed by atoms with Crippen molar-refractivity contribution in [3.8, 4) is 0 Å². The van der Waals surface area contributed by atoms with Crippen LogP contribution in [0.2, 0.25) is 0 Å². The Morgan fingerprint density at radius 2 is 2.47 bits per heavy atom. The van der Waals surface area contributed by atoms with Crippen LogP contribution in [0.4, 0.5) is 16.6 Å². The molecule has 1 aliphatic heterocycles. The largest absolute Gasteiger partial charge is 0.453 e. The minimum Gasteiger partial charge on any atom is -0.453 e. The van der Waals surface area contributed by atoms with Crippen molar-refractivity contribution in [2.75, 3.05) is 37.0 Å². The molecule has 0 aliphatic carbocycles. The summed E-state index contributed by atoms with van der Waals surface area (Å²) in [7, 11) is 1.37. The summed E-state index contributed by atoms with van der Waals surface area (Å²) in [5.74, 6) is 1.50. The molecule has 1 saturated heterocycles. The van der Waals surface area contributed by atoms with Gasteiger partial charge in [0.05, 0.1) is 13.2 Å². The Labute approximate surface area is 112 Å². The van der Waals surface area contributed by atoms with Gasteiger partial charge < -0.3 is 20.3 Å². The van der Waals surface area contributed by atoms with E-state index in [2.05, 4.69) is 30.2 Å². The summed E-state index contributed by atoms with van der Waals surface area (Å²) in [5.41, 5.74) is 0. The van der Waals surface area contributed by atoms with Gasteiger partial charge >= 0.3 is 6.09 Å². The number of hydrogen-bond donors (Lipinski definition) is 2. The smallest absolute Gasteiger partial charge is 0.407 e. The third-order valence-corrected chi connectivity index (χ3v) is 3.00. The lowest BCUT2D eigenvalue weighted by molar-refractivity contribution is 0.167. The van der Waals surface area contributed by atoms with Gasteiger partial charge in [0, 0.05) is 25.8 Å². The molecule has 1 aliphatic rings. The second-order valence-electron chi connectivity index (χ2n) is 4.34. The van der Waals surface area contributed by atoms with Crippen LogP contribution in [0, 0.1) is 0 Å². The summed E-state index contributed by atoms with van der Waals surface area (Å²) in [6.07, 6.45) is 2.24. The molecule has 0 bridgehead atoms. The first-order valence-corrected chi connectivity index (χ1v) is 6.39. The van der Waals surface area contributed by atoms with Crippen LogP contribution in [0.25, 0.3) is 0 Å². The van der Waals surface area contributed by atoms with E-state index in [1.54, 1.807) is 6.20 Å². The molecular formula is C12H19N5O2. The highest BCUT2D eigenvalue weighted by molar-refractivity contribution is 5.67. The molecule has 7 nitrogen and oxygen atoms in total. The first-order valence-electron chi connectivity index (χ1n) is 6.39. The van der Waals surface area contributed by atoms with E-state index < -0.39 is 0 Å². The first-order chi connectivity index (χ1) is 9.22. The van der Waals surface area contributed by atoms with Crippen LogP contribution in [0.5, 0.6) is 0 Å². The van der Waals surface area contributed by atoms with Gasteiger partial charge in [-0.05, 0) is 19.4 Å². The van der Waals surface area contributed by atoms with Crippen LogP contribution < -0.4 is 15.5 Å². The molecule has 1 atom stereocenters. The number of anilines is 2. The molecule has 1 aromatic heterocycles. The summed E-state index contributed by atoms with van der Waals surface area (Å²) in [4.78, 5) is 21.9. The van der Waals surface area contributed by atoms with Crippen molar-refractivity contribution >= 4 is 17.9 Å². The number of hydrogen-bond acceptors (Lipinski definition) is 6. The fraction of sp³-hybridized carbons (Fsp3) is 0.583. The molecular weight excluding hydrogens is 246 g/mol. The first kappa shape index (κ1) is 13.4. The number of nitrogens with one attached hydrogen (secondary N) is 2. The molecule has 1 amide bonds. The normalized spacial score (nSPS) is 18.2. The van der Waals surface area contributed by atoms with Crippen LogP contribution in [0.3, 0.4) is 0 Å². The second-order valence-corrected chi connectivity index (χ2v) is 4.34. The van der Waals surface area contributed by atoms with Crippen LogP contribution >= 0.6 is 0 Å². The molecule has 0 radical (unpaired) electrons. The molecule has 7 heteroatoms. The molecule has 1 unspecified atom stereocenters. The lowest BCUT2D eigenvalue weighted by atomic mass is 10.3. The SMILES string of the molecule is CCNc1nccc(N2CCC(NC(=O)OC)C2)n1. The third-order valence-electron chi connectivity index (χ3n) is 3.00. The van der Waals surface area contributed by atoms with Crippen molar-refractivity contribution < 1.29 is 9.53 Å². The molecule has 0 spiro atoms. The summed E-state index contributed by atoms with van der Waals surface area (Å²) in [6, 6.07) is 1.98. The number of ether oxygens (including phenoxy) is 1. The Bertz CT molecular complexity index is 440. The molecule has 0 aromatic carbocycles. The molecule has 2 heterocycles. The lowest BCUT2D eigenvalue weighted by Crippen LogP contribution is -2.37. The van der Waals surface area contributed by atoms with Gasteiger partial charge in [0.1, 0.15) is 5.82 Å².